The minimum atomic E-state index is 0.833. The van der Waals surface area contributed by atoms with Gasteiger partial charge in [0, 0.05) is 0 Å². The number of nitrogens with zero attached hydrogens (tertiary/aromatic N) is 2. The zero-order valence-electron chi connectivity index (χ0n) is 6.70. The molecule has 0 atom stereocenters. The van der Waals surface area contributed by atoms with Gasteiger partial charge in [-0.2, -0.15) is 0 Å². The number of hydrogen-bond donors (Lipinski definition) is 1. The first-order valence-electron chi connectivity index (χ1n) is 3.96. The van der Waals surface area contributed by atoms with E-state index in [0.29, 0.717) is 0 Å². The van der Waals surface area contributed by atoms with Gasteiger partial charge in [-0.3, -0.25) is 5.43 Å². The summed E-state index contributed by atoms with van der Waals surface area (Å²) in [4.78, 5) is 3.97. The second kappa shape index (κ2) is 3.20. The summed E-state index contributed by atoms with van der Waals surface area (Å²) in [6.07, 6.45) is 2.85. The number of benzene rings is 1. The molecule has 60 valence electrons. The number of hydrazine groups is 1. The fourth-order valence-corrected chi connectivity index (χ4v) is 1.08. The zero-order valence-corrected chi connectivity index (χ0v) is 6.70. The van der Waals surface area contributed by atoms with Crippen LogP contribution in [0, 0.1) is 0 Å². The van der Waals surface area contributed by atoms with Gasteiger partial charge in [0.05, 0.1) is 5.69 Å². The van der Waals surface area contributed by atoms with E-state index in [-0.39, 0.29) is 0 Å². The summed E-state index contributed by atoms with van der Waals surface area (Å²) in [5.41, 5.74) is 4.24. The van der Waals surface area contributed by atoms with E-state index in [1.54, 1.807) is 0 Å². The van der Waals surface area contributed by atoms with Crippen LogP contribution in [-0.2, 0) is 0 Å². The van der Waals surface area contributed by atoms with Crippen molar-refractivity contribution in [2.24, 2.45) is 4.99 Å². The van der Waals surface area contributed by atoms with Gasteiger partial charge in [0.15, 0.2) is 0 Å². The molecule has 0 aliphatic carbocycles. The van der Waals surface area contributed by atoms with E-state index in [9.17, 15) is 0 Å². The molecular weight excluding hydrogens is 150 g/mol. The van der Waals surface area contributed by atoms with Crippen molar-refractivity contribution in [3.63, 3.8) is 0 Å². The summed E-state index contributed by atoms with van der Waals surface area (Å²) in [6.45, 7) is 1.73. The lowest BCUT2D eigenvalue weighted by Crippen LogP contribution is -2.26. The molecule has 0 bridgehead atoms. The van der Waals surface area contributed by atoms with Gasteiger partial charge in [-0.1, -0.05) is 23.2 Å². The maximum atomic E-state index is 3.97. The number of hydrogen-bond acceptors (Lipinski definition) is 3. The third-order valence-electron chi connectivity index (χ3n) is 1.66. The molecule has 0 aromatic heterocycles. The minimum absolute atomic E-state index is 0.833. The topological polar surface area (TPSA) is 27.6 Å². The Hall–Kier alpha value is -1.60. The molecule has 1 aromatic carbocycles. The Morgan fingerprint density at radius 3 is 2.83 bits per heavy atom. The fraction of sp³-hybridized carbons (Fsp3) is 0.222. The van der Waals surface area contributed by atoms with Crippen molar-refractivity contribution in [1.29, 1.82) is 0 Å². The van der Waals surface area contributed by atoms with E-state index in [0.717, 1.165) is 18.8 Å². The highest BCUT2D eigenvalue weighted by Crippen LogP contribution is 2.06. The highest BCUT2D eigenvalue weighted by molar-refractivity contribution is 5.60. The number of anilines is 1. The second-order valence-corrected chi connectivity index (χ2v) is 2.61. The van der Waals surface area contributed by atoms with Crippen LogP contribution in [-0.4, -0.2) is 24.4 Å². The van der Waals surface area contributed by atoms with Crippen LogP contribution in [0.15, 0.2) is 35.3 Å². The second-order valence-electron chi connectivity index (χ2n) is 2.61. The maximum Gasteiger partial charge on any atom is 0.539 e. The lowest BCUT2D eigenvalue weighted by Gasteiger charge is -2.05. The maximum absolute atomic E-state index is 3.97. The highest BCUT2D eigenvalue weighted by atomic mass is 15.5. The first kappa shape index (κ1) is 7.07. The molecule has 0 saturated carbocycles. The summed E-state index contributed by atoms with van der Waals surface area (Å²) in [6, 6.07) is 10.0. The Morgan fingerprint density at radius 2 is 2.17 bits per heavy atom. The minimum Gasteiger partial charge on any atom is -0.256 e. The predicted octanol–water partition coefficient (Wildman–Crippen LogP) is 1.23. The first-order chi connectivity index (χ1) is 5.95. The monoisotopic (exact) mass is 160 g/mol. The number of para-hydroxylation sites is 1. The SMILES string of the molecule is [C+]1=NCCN1Nc1ccccc1. The Kier molecular flexibility index (Phi) is 1.88. The summed E-state index contributed by atoms with van der Waals surface area (Å²) in [5, 5.41) is 1.86. The molecule has 1 aliphatic heterocycles. The van der Waals surface area contributed by atoms with Crippen LogP contribution in [0.4, 0.5) is 5.69 Å². The van der Waals surface area contributed by atoms with Gasteiger partial charge in [0.25, 0.3) is 0 Å². The molecule has 1 aliphatic rings. The smallest absolute Gasteiger partial charge is 0.256 e. The molecule has 3 heteroatoms. The molecule has 1 heterocycles. The van der Waals surface area contributed by atoms with Crippen LogP contribution in [0.5, 0.6) is 0 Å². The van der Waals surface area contributed by atoms with Gasteiger partial charge < -0.3 is 0 Å². The Morgan fingerprint density at radius 1 is 1.33 bits per heavy atom. The van der Waals surface area contributed by atoms with Crippen molar-refractivity contribution in [1.82, 2.24) is 5.01 Å². The van der Waals surface area contributed by atoms with Crippen LogP contribution in [0.25, 0.3) is 0 Å². The Bertz CT molecular complexity index is 268. The first-order valence-corrected chi connectivity index (χ1v) is 3.96. The van der Waals surface area contributed by atoms with Gasteiger partial charge in [-0.05, 0) is 17.1 Å². The molecular formula is C9H10N3+. The molecule has 0 radical (unpaired) electrons. The van der Waals surface area contributed by atoms with Crippen molar-refractivity contribution in [2.75, 3.05) is 18.5 Å². The summed E-state index contributed by atoms with van der Waals surface area (Å²) in [5.74, 6) is 0. The summed E-state index contributed by atoms with van der Waals surface area (Å²) >= 11 is 0. The van der Waals surface area contributed by atoms with E-state index in [2.05, 4.69) is 16.8 Å². The standard InChI is InChI=1S/C9H10N3/c1-2-4-9(5-3-1)11-12-7-6-10-8-12/h1-5,11H,6-7H2/q+1. The van der Waals surface area contributed by atoms with Crippen LogP contribution < -0.4 is 5.43 Å². The van der Waals surface area contributed by atoms with E-state index in [1.165, 1.54) is 0 Å². The molecule has 12 heavy (non-hydrogen) atoms. The van der Waals surface area contributed by atoms with Gasteiger partial charge >= 0.3 is 6.34 Å². The van der Waals surface area contributed by atoms with Crippen molar-refractivity contribution >= 4 is 12.0 Å². The molecule has 0 unspecified atom stereocenters. The van der Waals surface area contributed by atoms with Crippen LogP contribution in [0.2, 0.25) is 0 Å². The molecule has 3 nitrogen and oxygen atoms in total. The highest BCUT2D eigenvalue weighted by Gasteiger charge is 2.19. The van der Waals surface area contributed by atoms with Gasteiger partial charge in [-0.15, -0.1) is 0 Å². The van der Waals surface area contributed by atoms with E-state index in [1.807, 2.05) is 35.3 Å². The third kappa shape index (κ3) is 1.52. The molecule has 1 aromatic rings. The molecule has 0 amide bonds. The number of aliphatic imine (C=N–C) groups is 1. The Balaban J connectivity index is 1.99. The fourth-order valence-electron chi connectivity index (χ4n) is 1.08. The van der Waals surface area contributed by atoms with Gasteiger partial charge in [0.1, 0.15) is 13.1 Å². The molecule has 0 fully saturated rings. The van der Waals surface area contributed by atoms with Crippen LogP contribution in [0.3, 0.4) is 0 Å². The van der Waals surface area contributed by atoms with Crippen LogP contribution in [0.1, 0.15) is 0 Å². The lowest BCUT2D eigenvalue weighted by atomic mass is 10.3. The molecule has 0 spiro atoms. The van der Waals surface area contributed by atoms with Crippen molar-refractivity contribution in [3.8, 4) is 0 Å². The average molecular weight is 160 g/mol. The zero-order chi connectivity index (χ0) is 8.23. The van der Waals surface area contributed by atoms with E-state index >= 15 is 0 Å². The van der Waals surface area contributed by atoms with Gasteiger partial charge in [-0.25, -0.2) is 0 Å². The molecule has 1 N–H and O–H groups in total. The predicted molar refractivity (Wildman–Crippen MR) is 49.1 cm³/mol. The van der Waals surface area contributed by atoms with Gasteiger partial charge in [0.2, 0.25) is 0 Å². The lowest BCUT2D eigenvalue weighted by molar-refractivity contribution is 0.557. The Labute approximate surface area is 71.7 Å². The third-order valence-corrected chi connectivity index (χ3v) is 1.66. The average Bonchev–Trinajstić information content (AvgIpc) is 2.59. The van der Waals surface area contributed by atoms with Crippen LogP contribution >= 0.6 is 0 Å². The van der Waals surface area contributed by atoms with Crippen molar-refractivity contribution in [2.45, 2.75) is 0 Å². The van der Waals surface area contributed by atoms with E-state index < -0.39 is 0 Å². The molecule has 2 rings (SSSR count). The largest absolute Gasteiger partial charge is 0.539 e. The normalized spacial score (nSPS) is 14.5. The van der Waals surface area contributed by atoms with E-state index in [4.69, 9.17) is 0 Å². The van der Waals surface area contributed by atoms with Crippen molar-refractivity contribution < 1.29 is 0 Å². The number of nitrogens with one attached hydrogen (secondary N) is 1. The summed E-state index contributed by atoms with van der Waals surface area (Å²) < 4.78 is 0. The van der Waals surface area contributed by atoms with Crippen molar-refractivity contribution in [3.05, 3.63) is 30.3 Å². The number of rotatable bonds is 2. The molecule has 0 saturated heterocycles. The summed E-state index contributed by atoms with van der Waals surface area (Å²) in [7, 11) is 0. The quantitative estimate of drug-likeness (QED) is 0.659.